The van der Waals surface area contributed by atoms with Gasteiger partial charge in [0.25, 0.3) is 0 Å². The second kappa shape index (κ2) is 7.50. The van der Waals surface area contributed by atoms with Crippen LogP contribution in [0, 0.1) is 13.8 Å². The molecule has 2 aromatic carbocycles. The summed E-state index contributed by atoms with van der Waals surface area (Å²) in [5.74, 6) is 0. The summed E-state index contributed by atoms with van der Waals surface area (Å²) in [6.45, 7) is 6.52. The molecule has 0 atom stereocenters. The van der Waals surface area contributed by atoms with E-state index in [-0.39, 0.29) is 11.7 Å². The van der Waals surface area contributed by atoms with Crippen molar-refractivity contribution < 1.29 is 18.0 Å². The van der Waals surface area contributed by atoms with Gasteiger partial charge in [-0.2, -0.15) is 13.2 Å². The van der Waals surface area contributed by atoms with Crippen molar-refractivity contribution in [3.8, 4) is 0 Å². The van der Waals surface area contributed by atoms with Gasteiger partial charge in [0.15, 0.2) is 0 Å². The highest BCUT2D eigenvalue weighted by molar-refractivity contribution is 5.89. The minimum absolute atomic E-state index is 0.145. The smallest absolute Gasteiger partial charge is 0.368 e. The van der Waals surface area contributed by atoms with E-state index in [9.17, 15) is 18.0 Å². The van der Waals surface area contributed by atoms with Crippen LogP contribution in [0.3, 0.4) is 0 Å². The van der Waals surface area contributed by atoms with E-state index in [4.69, 9.17) is 0 Å². The number of anilines is 2. The number of hydrogen-bond acceptors (Lipinski definition) is 2. The predicted molar refractivity (Wildman–Crippen MR) is 100 cm³/mol. The molecule has 0 radical (unpaired) electrons. The van der Waals surface area contributed by atoms with Crippen LogP contribution in [0.4, 0.5) is 29.3 Å². The van der Waals surface area contributed by atoms with E-state index in [0.717, 1.165) is 12.1 Å². The number of rotatable bonds is 2. The van der Waals surface area contributed by atoms with E-state index < -0.39 is 11.7 Å². The number of para-hydroxylation sites is 1. The topological polar surface area (TPSA) is 35.6 Å². The minimum atomic E-state index is -4.43. The molecule has 0 aromatic heterocycles. The molecule has 3 rings (SSSR count). The number of urea groups is 1. The summed E-state index contributed by atoms with van der Waals surface area (Å²) in [7, 11) is 0. The lowest BCUT2D eigenvalue weighted by molar-refractivity contribution is -0.137. The third kappa shape index (κ3) is 4.35. The summed E-state index contributed by atoms with van der Waals surface area (Å²) < 4.78 is 38.4. The van der Waals surface area contributed by atoms with Gasteiger partial charge in [0.1, 0.15) is 0 Å². The Labute approximate surface area is 156 Å². The first-order valence-electron chi connectivity index (χ1n) is 8.80. The maximum atomic E-state index is 12.8. The van der Waals surface area contributed by atoms with Gasteiger partial charge in [-0.15, -0.1) is 0 Å². The fraction of sp³-hybridized carbons (Fsp3) is 0.350. The SMILES string of the molecule is Cc1cccc(C)c1N1CCN(C(=O)Nc2cccc(C(F)(F)F)c2)CC1. The zero-order chi connectivity index (χ0) is 19.6. The molecular weight excluding hydrogens is 355 g/mol. The third-order valence-electron chi connectivity index (χ3n) is 4.76. The standard InChI is InChI=1S/C20H22F3N3O/c1-14-5-3-6-15(2)18(14)25-9-11-26(12-10-25)19(27)24-17-8-4-7-16(13-17)20(21,22)23/h3-8,13H,9-12H2,1-2H3,(H,24,27). The molecule has 27 heavy (non-hydrogen) atoms. The van der Waals surface area contributed by atoms with Gasteiger partial charge in [0, 0.05) is 37.6 Å². The Morgan fingerprint density at radius 2 is 1.56 bits per heavy atom. The zero-order valence-corrected chi connectivity index (χ0v) is 15.3. The van der Waals surface area contributed by atoms with E-state index >= 15 is 0 Å². The highest BCUT2D eigenvalue weighted by atomic mass is 19.4. The molecule has 0 aliphatic carbocycles. The van der Waals surface area contributed by atoms with Crippen LogP contribution < -0.4 is 10.2 Å². The van der Waals surface area contributed by atoms with Crippen LogP contribution in [0.25, 0.3) is 0 Å². The minimum Gasteiger partial charge on any atom is -0.368 e. The van der Waals surface area contributed by atoms with Crippen molar-refractivity contribution in [2.45, 2.75) is 20.0 Å². The summed E-state index contributed by atoms with van der Waals surface area (Å²) in [6.07, 6.45) is -4.43. The molecule has 1 fully saturated rings. The lowest BCUT2D eigenvalue weighted by Crippen LogP contribution is -2.50. The Bertz CT molecular complexity index is 807. The van der Waals surface area contributed by atoms with Crippen molar-refractivity contribution >= 4 is 17.4 Å². The van der Waals surface area contributed by atoms with Crippen molar-refractivity contribution in [2.75, 3.05) is 36.4 Å². The van der Waals surface area contributed by atoms with Crippen LogP contribution in [0.5, 0.6) is 0 Å². The summed E-state index contributed by atoms with van der Waals surface area (Å²) in [4.78, 5) is 16.3. The lowest BCUT2D eigenvalue weighted by Gasteiger charge is -2.37. The second-order valence-corrected chi connectivity index (χ2v) is 6.72. The number of amides is 2. The third-order valence-corrected chi connectivity index (χ3v) is 4.76. The molecule has 1 aliphatic heterocycles. The van der Waals surface area contributed by atoms with Crippen LogP contribution in [0.15, 0.2) is 42.5 Å². The number of piperazine rings is 1. The molecule has 2 aromatic rings. The van der Waals surface area contributed by atoms with E-state index in [1.54, 1.807) is 4.90 Å². The Morgan fingerprint density at radius 3 is 2.15 bits per heavy atom. The van der Waals surface area contributed by atoms with Crippen LogP contribution in [0.1, 0.15) is 16.7 Å². The predicted octanol–water partition coefficient (Wildman–Crippen LogP) is 4.68. The number of hydrogen-bond donors (Lipinski definition) is 1. The molecule has 1 heterocycles. The van der Waals surface area contributed by atoms with E-state index in [2.05, 4.69) is 36.2 Å². The first-order chi connectivity index (χ1) is 12.8. The Kier molecular flexibility index (Phi) is 5.30. The average molecular weight is 377 g/mol. The number of carbonyl (C=O) groups is 1. The lowest BCUT2D eigenvalue weighted by atomic mass is 10.1. The average Bonchev–Trinajstić information content (AvgIpc) is 2.61. The van der Waals surface area contributed by atoms with Gasteiger partial charge in [-0.05, 0) is 43.2 Å². The molecular formula is C20H22F3N3O. The number of alkyl halides is 3. The Hall–Kier alpha value is -2.70. The monoisotopic (exact) mass is 377 g/mol. The van der Waals surface area contributed by atoms with E-state index in [1.165, 1.54) is 28.9 Å². The van der Waals surface area contributed by atoms with Crippen LogP contribution >= 0.6 is 0 Å². The highest BCUT2D eigenvalue weighted by Crippen LogP contribution is 2.31. The zero-order valence-electron chi connectivity index (χ0n) is 15.3. The van der Waals surface area contributed by atoms with Crippen molar-refractivity contribution in [1.82, 2.24) is 4.90 Å². The molecule has 0 spiro atoms. The summed E-state index contributed by atoms with van der Waals surface area (Å²) in [5, 5.41) is 2.57. The molecule has 7 heteroatoms. The summed E-state index contributed by atoms with van der Waals surface area (Å²) in [6, 6.07) is 10.5. The molecule has 4 nitrogen and oxygen atoms in total. The Balaban J connectivity index is 1.62. The van der Waals surface area contributed by atoms with Gasteiger partial charge in [0.2, 0.25) is 0 Å². The second-order valence-electron chi connectivity index (χ2n) is 6.72. The molecule has 0 unspecified atom stereocenters. The molecule has 0 bridgehead atoms. The Morgan fingerprint density at radius 1 is 0.963 bits per heavy atom. The fourth-order valence-corrected chi connectivity index (χ4v) is 3.41. The molecule has 1 aliphatic rings. The van der Waals surface area contributed by atoms with Crippen molar-refractivity contribution in [3.05, 3.63) is 59.2 Å². The van der Waals surface area contributed by atoms with Crippen molar-refractivity contribution in [2.24, 2.45) is 0 Å². The molecule has 144 valence electrons. The normalized spacial score (nSPS) is 15.0. The van der Waals surface area contributed by atoms with Crippen LogP contribution in [0.2, 0.25) is 0 Å². The van der Waals surface area contributed by atoms with Crippen LogP contribution in [-0.2, 0) is 6.18 Å². The van der Waals surface area contributed by atoms with Crippen molar-refractivity contribution in [1.29, 1.82) is 0 Å². The van der Waals surface area contributed by atoms with E-state index in [1.807, 2.05) is 6.07 Å². The van der Waals surface area contributed by atoms with Gasteiger partial charge < -0.3 is 15.1 Å². The number of aryl methyl sites for hydroxylation is 2. The number of halogens is 3. The molecule has 0 saturated carbocycles. The number of carbonyl (C=O) groups excluding carboxylic acids is 1. The largest absolute Gasteiger partial charge is 0.416 e. The highest BCUT2D eigenvalue weighted by Gasteiger charge is 2.30. The first kappa shape index (κ1) is 19.1. The number of nitrogens with one attached hydrogen (secondary N) is 1. The van der Waals surface area contributed by atoms with Gasteiger partial charge in [-0.1, -0.05) is 24.3 Å². The maximum Gasteiger partial charge on any atom is 0.416 e. The van der Waals surface area contributed by atoms with Gasteiger partial charge in [-0.3, -0.25) is 0 Å². The number of benzene rings is 2. The van der Waals surface area contributed by atoms with Gasteiger partial charge in [0.05, 0.1) is 5.56 Å². The van der Waals surface area contributed by atoms with E-state index in [0.29, 0.717) is 26.2 Å². The van der Waals surface area contributed by atoms with Crippen LogP contribution in [-0.4, -0.2) is 37.1 Å². The molecule has 2 amide bonds. The summed E-state index contributed by atoms with van der Waals surface area (Å²) >= 11 is 0. The quantitative estimate of drug-likeness (QED) is 0.825. The molecule has 1 N–H and O–H groups in total. The van der Waals surface area contributed by atoms with Gasteiger partial charge >= 0.3 is 12.2 Å². The first-order valence-corrected chi connectivity index (χ1v) is 8.80. The molecule has 1 saturated heterocycles. The fourth-order valence-electron chi connectivity index (χ4n) is 3.41. The van der Waals surface area contributed by atoms with Crippen molar-refractivity contribution in [3.63, 3.8) is 0 Å². The maximum absolute atomic E-state index is 12.8. The summed E-state index contributed by atoms with van der Waals surface area (Å²) in [5.41, 5.74) is 2.94. The number of nitrogens with zero attached hydrogens (tertiary/aromatic N) is 2. The van der Waals surface area contributed by atoms with Gasteiger partial charge in [-0.25, -0.2) is 4.79 Å².